The van der Waals surface area contributed by atoms with Crippen molar-refractivity contribution in [3.05, 3.63) is 58.6 Å². The standard InChI is InChI=1S/C16H17BrClN/c1-3-19(15-6-4-5-12(2)9-15)16-10-14(18)8-7-13(16)11-17/h4-10H,3,11H2,1-2H3. The Morgan fingerprint density at radius 2 is 1.95 bits per heavy atom. The molecule has 3 heteroatoms. The maximum Gasteiger partial charge on any atom is 0.0466 e. The van der Waals surface area contributed by atoms with E-state index in [4.69, 9.17) is 11.6 Å². The predicted molar refractivity (Wildman–Crippen MR) is 87.9 cm³/mol. The normalized spacial score (nSPS) is 10.5. The number of hydrogen-bond acceptors (Lipinski definition) is 1. The average molecular weight is 339 g/mol. The highest BCUT2D eigenvalue weighted by molar-refractivity contribution is 9.08. The maximum atomic E-state index is 6.15. The van der Waals surface area contributed by atoms with Gasteiger partial charge in [0.25, 0.3) is 0 Å². The number of hydrogen-bond donors (Lipinski definition) is 0. The Morgan fingerprint density at radius 1 is 1.16 bits per heavy atom. The van der Waals surface area contributed by atoms with Crippen LogP contribution in [0.3, 0.4) is 0 Å². The van der Waals surface area contributed by atoms with Crippen molar-refractivity contribution in [3.8, 4) is 0 Å². The molecular formula is C16H17BrClN. The van der Waals surface area contributed by atoms with Gasteiger partial charge in [0, 0.05) is 28.3 Å². The Balaban J connectivity index is 2.50. The number of nitrogens with zero attached hydrogens (tertiary/aromatic N) is 1. The summed E-state index contributed by atoms with van der Waals surface area (Å²) in [4.78, 5) is 2.29. The van der Waals surface area contributed by atoms with Crippen LogP contribution in [-0.2, 0) is 5.33 Å². The molecule has 0 atom stereocenters. The van der Waals surface area contributed by atoms with Gasteiger partial charge in [0.1, 0.15) is 0 Å². The van der Waals surface area contributed by atoms with Crippen LogP contribution < -0.4 is 4.90 Å². The van der Waals surface area contributed by atoms with E-state index in [9.17, 15) is 0 Å². The van der Waals surface area contributed by atoms with Crippen molar-refractivity contribution < 1.29 is 0 Å². The predicted octanol–water partition coefficient (Wildman–Crippen LogP) is 5.70. The van der Waals surface area contributed by atoms with Crippen LogP contribution in [0.25, 0.3) is 0 Å². The summed E-state index contributed by atoms with van der Waals surface area (Å²) in [6.07, 6.45) is 0. The first-order valence-corrected chi connectivity index (χ1v) is 7.84. The van der Waals surface area contributed by atoms with E-state index in [0.29, 0.717) is 0 Å². The number of aryl methyl sites for hydroxylation is 1. The molecule has 0 fully saturated rings. The molecule has 0 unspecified atom stereocenters. The third-order valence-corrected chi connectivity index (χ3v) is 3.95. The monoisotopic (exact) mass is 337 g/mol. The van der Waals surface area contributed by atoms with Crippen LogP contribution in [0.5, 0.6) is 0 Å². The van der Waals surface area contributed by atoms with Gasteiger partial charge in [0.2, 0.25) is 0 Å². The Hall–Kier alpha value is -0.990. The van der Waals surface area contributed by atoms with Gasteiger partial charge < -0.3 is 4.90 Å². The van der Waals surface area contributed by atoms with Crippen molar-refractivity contribution in [2.24, 2.45) is 0 Å². The number of anilines is 2. The Bertz CT molecular complexity index is 568. The fourth-order valence-electron chi connectivity index (χ4n) is 2.19. The molecule has 0 amide bonds. The van der Waals surface area contributed by atoms with Gasteiger partial charge in [-0.2, -0.15) is 0 Å². The lowest BCUT2D eigenvalue weighted by atomic mass is 10.1. The second kappa shape index (κ2) is 6.44. The molecular weight excluding hydrogens is 322 g/mol. The minimum atomic E-state index is 0.769. The number of rotatable bonds is 4. The highest BCUT2D eigenvalue weighted by Gasteiger charge is 2.12. The topological polar surface area (TPSA) is 3.24 Å². The van der Waals surface area contributed by atoms with Gasteiger partial charge in [0.05, 0.1) is 0 Å². The van der Waals surface area contributed by atoms with Crippen LogP contribution in [0, 0.1) is 6.92 Å². The summed E-state index contributed by atoms with van der Waals surface area (Å²) in [5, 5.41) is 1.59. The van der Waals surface area contributed by atoms with E-state index in [1.165, 1.54) is 16.8 Å². The van der Waals surface area contributed by atoms with Gasteiger partial charge in [-0.05, 0) is 49.2 Å². The first-order valence-electron chi connectivity index (χ1n) is 6.34. The molecule has 0 spiro atoms. The summed E-state index contributed by atoms with van der Waals surface area (Å²) in [6.45, 7) is 5.17. The molecule has 0 radical (unpaired) electrons. The molecule has 0 aliphatic rings. The molecule has 2 aromatic carbocycles. The molecule has 1 nitrogen and oxygen atoms in total. The molecule has 0 aliphatic carbocycles. The molecule has 0 aliphatic heterocycles. The molecule has 2 aromatic rings. The highest BCUT2D eigenvalue weighted by Crippen LogP contribution is 2.32. The van der Waals surface area contributed by atoms with E-state index in [1.54, 1.807) is 0 Å². The van der Waals surface area contributed by atoms with Crippen molar-refractivity contribution in [2.45, 2.75) is 19.2 Å². The molecule has 0 saturated carbocycles. The van der Waals surface area contributed by atoms with Crippen molar-refractivity contribution in [1.29, 1.82) is 0 Å². The number of benzene rings is 2. The van der Waals surface area contributed by atoms with Crippen molar-refractivity contribution in [2.75, 3.05) is 11.4 Å². The van der Waals surface area contributed by atoms with Gasteiger partial charge in [-0.1, -0.05) is 45.7 Å². The maximum absolute atomic E-state index is 6.15. The Morgan fingerprint density at radius 3 is 2.58 bits per heavy atom. The molecule has 2 rings (SSSR count). The lowest BCUT2D eigenvalue weighted by molar-refractivity contribution is 1.01. The summed E-state index contributed by atoms with van der Waals surface area (Å²) in [6, 6.07) is 14.6. The zero-order chi connectivity index (χ0) is 13.8. The van der Waals surface area contributed by atoms with Crippen LogP contribution in [0.2, 0.25) is 5.02 Å². The smallest absolute Gasteiger partial charge is 0.0466 e. The van der Waals surface area contributed by atoms with Crippen LogP contribution in [0.1, 0.15) is 18.1 Å². The third kappa shape index (κ3) is 3.31. The van der Waals surface area contributed by atoms with Crippen molar-refractivity contribution >= 4 is 38.9 Å². The summed E-state index contributed by atoms with van der Waals surface area (Å²) < 4.78 is 0. The molecule has 0 saturated heterocycles. The van der Waals surface area contributed by atoms with Gasteiger partial charge in [-0.15, -0.1) is 0 Å². The lowest BCUT2D eigenvalue weighted by Crippen LogP contribution is -2.17. The van der Waals surface area contributed by atoms with E-state index in [0.717, 1.165) is 22.6 Å². The van der Waals surface area contributed by atoms with Gasteiger partial charge in [0.15, 0.2) is 0 Å². The second-order valence-corrected chi connectivity index (χ2v) is 5.49. The van der Waals surface area contributed by atoms with E-state index in [1.807, 2.05) is 12.1 Å². The second-order valence-electron chi connectivity index (χ2n) is 4.49. The zero-order valence-electron chi connectivity index (χ0n) is 11.2. The van der Waals surface area contributed by atoms with Gasteiger partial charge in [-0.3, -0.25) is 0 Å². The van der Waals surface area contributed by atoms with Gasteiger partial charge >= 0.3 is 0 Å². The Kier molecular flexibility index (Phi) is 4.89. The molecule has 0 aromatic heterocycles. The fourth-order valence-corrected chi connectivity index (χ4v) is 2.83. The van der Waals surface area contributed by atoms with E-state index in [2.05, 4.69) is 65.0 Å². The molecule has 19 heavy (non-hydrogen) atoms. The minimum Gasteiger partial charge on any atom is -0.341 e. The minimum absolute atomic E-state index is 0.769. The first kappa shape index (κ1) is 14.4. The number of halogens is 2. The molecule has 0 bridgehead atoms. The van der Waals surface area contributed by atoms with Crippen LogP contribution >= 0.6 is 27.5 Å². The number of alkyl halides is 1. The summed E-state index contributed by atoms with van der Waals surface area (Å²) in [5.74, 6) is 0. The lowest BCUT2D eigenvalue weighted by Gasteiger charge is -2.26. The summed E-state index contributed by atoms with van der Waals surface area (Å²) in [5.41, 5.74) is 4.87. The highest BCUT2D eigenvalue weighted by atomic mass is 79.9. The quantitative estimate of drug-likeness (QED) is 0.646. The van der Waals surface area contributed by atoms with E-state index < -0.39 is 0 Å². The van der Waals surface area contributed by atoms with Crippen LogP contribution in [-0.4, -0.2) is 6.54 Å². The molecule has 0 N–H and O–H groups in total. The van der Waals surface area contributed by atoms with Crippen molar-refractivity contribution in [3.63, 3.8) is 0 Å². The SMILES string of the molecule is CCN(c1cccc(C)c1)c1cc(Cl)ccc1CBr. The van der Waals surface area contributed by atoms with Crippen molar-refractivity contribution in [1.82, 2.24) is 0 Å². The third-order valence-electron chi connectivity index (χ3n) is 3.11. The molecule has 100 valence electrons. The average Bonchev–Trinajstić information content (AvgIpc) is 2.40. The van der Waals surface area contributed by atoms with Crippen LogP contribution in [0.15, 0.2) is 42.5 Å². The van der Waals surface area contributed by atoms with E-state index >= 15 is 0 Å². The fraction of sp³-hybridized carbons (Fsp3) is 0.250. The Labute approximate surface area is 128 Å². The van der Waals surface area contributed by atoms with Crippen LogP contribution in [0.4, 0.5) is 11.4 Å². The summed E-state index contributed by atoms with van der Waals surface area (Å²) >= 11 is 9.70. The molecule has 0 heterocycles. The first-order chi connectivity index (χ1) is 9.15. The largest absolute Gasteiger partial charge is 0.341 e. The van der Waals surface area contributed by atoms with E-state index in [-0.39, 0.29) is 0 Å². The summed E-state index contributed by atoms with van der Waals surface area (Å²) in [7, 11) is 0. The van der Waals surface area contributed by atoms with Gasteiger partial charge in [-0.25, -0.2) is 0 Å². The zero-order valence-corrected chi connectivity index (χ0v) is 13.5.